The monoisotopic (exact) mass is 514 g/mol. The van der Waals surface area contributed by atoms with Gasteiger partial charge < -0.3 is 44.7 Å². The molecule has 2 fully saturated rings. The Hall–Kier alpha value is -2.76. The number of aliphatic hydroxyl groups excluding tert-OH is 4. The van der Waals surface area contributed by atoms with Crippen molar-refractivity contribution in [2.24, 2.45) is 0 Å². The molecule has 2 aliphatic rings. The van der Waals surface area contributed by atoms with Gasteiger partial charge >= 0.3 is 0 Å². The average Bonchev–Trinajstić information content (AvgIpc) is 2.87. The van der Waals surface area contributed by atoms with Gasteiger partial charge in [-0.1, -0.05) is 0 Å². The van der Waals surface area contributed by atoms with E-state index in [2.05, 4.69) is 21.2 Å². The number of pyridine rings is 1. The number of nitrogens with one attached hydrogen (secondary N) is 3. The van der Waals surface area contributed by atoms with E-state index in [4.69, 9.17) is 18.9 Å². The number of rotatable bonds is 7. The SMILES string of the molecule is CO[C@H]1[C@H](O)[C@@H](O)[C@H](O[C@H]2[C@H](O)[C@@H](CO)OC[C@@H]2NC(C)=O)O[C@@H]1C(=O)NNC(=O)c1ccncc1. The molecule has 0 spiro atoms. The van der Waals surface area contributed by atoms with Crippen LogP contribution in [0.1, 0.15) is 17.3 Å². The number of methoxy groups -OCH3 is 1. The summed E-state index contributed by atoms with van der Waals surface area (Å²) < 4.78 is 21.8. The summed E-state index contributed by atoms with van der Waals surface area (Å²) in [6.45, 7) is 0.545. The summed E-state index contributed by atoms with van der Waals surface area (Å²) in [5.41, 5.74) is 4.57. The fourth-order valence-electron chi connectivity index (χ4n) is 3.93. The molecule has 3 heterocycles. The van der Waals surface area contributed by atoms with Crippen LogP contribution in [0.2, 0.25) is 0 Å². The first-order chi connectivity index (χ1) is 17.2. The van der Waals surface area contributed by atoms with Crippen LogP contribution >= 0.6 is 0 Å². The smallest absolute Gasteiger partial charge is 0.270 e. The van der Waals surface area contributed by atoms with Crippen LogP contribution < -0.4 is 16.2 Å². The number of hydrazine groups is 1. The fourth-order valence-corrected chi connectivity index (χ4v) is 3.93. The van der Waals surface area contributed by atoms with Crippen molar-refractivity contribution in [1.29, 1.82) is 0 Å². The molecule has 2 aliphatic heterocycles. The highest BCUT2D eigenvalue weighted by Gasteiger charge is 2.51. The van der Waals surface area contributed by atoms with Gasteiger partial charge in [-0.05, 0) is 12.1 Å². The Morgan fingerprint density at radius 1 is 1.08 bits per heavy atom. The first-order valence-corrected chi connectivity index (χ1v) is 11.1. The number of carbonyl (C=O) groups is 3. The second kappa shape index (κ2) is 12.5. The minimum atomic E-state index is -1.73. The molecule has 3 amide bonds. The maximum Gasteiger partial charge on any atom is 0.270 e. The van der Waals surface area contributed by atoms with Crippen LogP contribution in [-0.2, 0) is 28.5 Å². The number of carbonyl (C=O) groups excluding carboxylic acids is 3. The molecule has 15 nitrogen and oxygen atoms in total. The van der Waals surface area contributed by atoms with E-state index >= 15 is 0 Å². The number of hydrogen-bond donors (Lipinski definition) is 7. The molecule has 200 valence electrons. The zero-order valence-electron chi connectivity index (χ0n) is 19.5. The average molecular weight is 514 g/mol. The van der Waals surface area contributed by atoms with E-state index in [0.717, 1.165) is 0 Å². The largest absolute Gasteiger partial charge is 0.394 e. The van der Waals surface area contributed by atoms with E-state index in [1.165, 1.54) is 38.6 Å². The molecule has 1 aromatic rings. The van der Waals surface area contributed by atoms with Crippen molar-refractivity contribution in [2.75, 3.05) is 20.3 Å². The molecule has 0 aliphatic carbocycles. The molecule has 9 atom stereocenters. The number of ether oxygens (including phenoxy) is 4. The summed E-state index contributed by atoms with van der Waals surface area (Å²) >= 11 is 0. The highest BCUT2D eigenvalue weighted by Crippen LogP contribution is 2.28. The third-order valence-electron chi connectivity index (χ3n) is 5.78. The Kier molecular flexibility index (Phi) is 9.63. The predicted molar refractivity (Wildman–Crippen MR) is 117 cm³/mol. The Morgan fingerprint density at radius 3 is 2.39 bits per heavy atom. The summed E-state index contributed by atoms with van der Waals surface area (Å²) in [7, 11) is 1.18. The van der Waals surface area contributed by atoms with Gasteiger partial charge in [0.1, 0.15) is 36.6 Å². The Labute approximate surface area is 205 Å². The van der Waals surface area contributed by atoms with Crippen molar-refractivity contribution in [2.45, 2.75) is 62.0 Å². The summed E-state index contributed by atoms with van der Waals surface area (Å²) in [5.74, 6) is -2.04. The van der Waals surface area contributed by atoms with Gasteiger partial charge in [0, 0.05) is 32.0 Å². The molecule has 0 bridgehead atoms. The molecular weight excluding hydrogens is 484 g/mol. The summed E-state index contributed by atoms with van der Waals surface area (Å²) in [5, 5.41) is 43.8. The van der Waals surface area contributed by atoms with Crippen LogP contribution in [0.25, 0.3) is 0 Å². The molecule has 0 aromatic carbocycles. The van der Waals surface area contributed by atoms with E-state index in [1.54, 1.807) is 0 Å². The third kappa shape index (κ3) is 6.32. The first-order valence-electron chi connectivity index (χ1n) is 11.1. The first kappa shape index (κ1) is 27.8. The minimum Gasteiger partial charge on any atom is -0.394 e. The van der Waals surface area contributed by atoms with E-state index in [0.29, 0.717) is 0 Å². The molecule has 2 saturated heterocycles. The molecule has 3 rings (SSSR count). The molecule has 0 saturated carbocycles. The van der Waals surface area contributed by atoms with Crippen LogP contribution in [-0.4, -0.2) is 119 Å². The maximum absolute atomic E-state index is 12.8. The second-order valence-corrected chi connectivity index (χ2v) is 8.24. The second-order valence-electron chi connectivity index (χ2n) is 8.24. The Bertz CT molecular complexity index is 907. The highest BCUT2D eigenvalue weighted by molar-refractivity contribution is 5.95. The van der Waals surface area contributed by atoms with Gasteiger partial charge in [-0.3, -0.25) is 30.2 Å². The van der Waals surface area contributed by atoms with Gasteiger partial charge in [-0.2, -0.15) is 0 Å². The van der Waals surface area contributed by atoms with Crippen LogP contribution in [0.5, 0.6) is 0 Å². The van der Waals surface area contributed by atoms with Crippen LogP contribution in [0.4, 0.5) is 0 Å². The van der Waals surface area contributed by atoms with Gasteiger partial charge in [0.15, 0.2) is 12.4 Å². The summed E-state index contributed by atoms with van der Waals surface area (Å²) in [6, 6.07) is 1.94. The van der Waals surface area contributed by atoms with E-state index in [9.17, 15) is 34.8 Å². The van der Waals surface area contributed by atoms with Crippen LogP contribution in [0.15, 0.2) is 24.5 Å². The lowest BCUT2D eigenvalue weighted by Gasteiger charge is -2.45. The maximum atomic E-state index is 12.8. The Morgan fingerprint density at radius 2 is 1.78 bits per heavy atom. The number of hydrogen-bond acceptors (Lipinski definition) is 12. The topological polar surface area (TPSA) is 218 Å². The van der Waals surface area contributed by atoms with Crippen molar-refractivity contribution < 1.29 is 53.8 Å². The number of aliphatic hydroxyl groups is 4. The predicted octanol–water partition coefficient (Wildman–Crippen LogP) is -4.05. The highest BCUT2D eigenvalue weighted by atomic mass is 16.7. The quantitative estimate of drug-likeness (QED) is 0.173. The number of aromatic nitrogens is 1. The molecular formula is C21H30N4O11. The van der Waals surface area contributed by atoms with Crippen LogP contribution in [0, 0.1) is 0 Å². The third-order valence-corrected chi connectivity index (χ3v) is 5.78. The van der Waals surface area contributed by atoms with Crippen molar-refractivity contribution in [3.8, 4) is 0 Å². The summed E-state index contributed by atoms with van der Waals surface area (Å²) in [4.78, 5) is 40.4. The van der Waals surface area contributed by atoms with Gasteiger partial charge in [0.2, 0.25) is 5.91 Å². The molecule has 0 unspecified atom stereocenters. The fraction of sp³-hybridized carbons (Fsp3) is 0.619. The number of nitrogens with zero attached hydrogens (tertiary/aromatic N) is 1. The normalized spacial score (nSPS) is 34.4. The standard InChI is InChI=1S/C21H30N4O11/c1-9(27)23-11-8-34-12(7-26)13(28)16(11)35-21-15(30)14(29)17(33-2)18(36-21)20(32)25-24-19(31)10-3-5-22-6-4-10/h3-6,11-18,21,26,28-30H,7-8H2,1-2H3,(H,23,27)(H,24,31)(H,25,32)/t11-,12+,13+,14+,15+,16+,17-,18-,21+/m0/s1. The number of amides is 3. The molecule has 1 aromatic heterocycles. The zero-order valence-corrected chi connectivity index (χ0v) is 19.5. The molecule has 36 heavy (non-hydrogen) atoms. The van der Waals surface area contributed by atoms with Crippen molar-refractivity contribution >= 4 is 17.7 Å². The van der Waals surface area contributed by atoms with Gasteiger partial charge in [0.05, 0.1) is 19.3 Å². The lowest BCUT2D eigenvalue weighted by Crippen LogP contribution is -2.67. The van der Waals surface area contributed by atoms with Crippen molar-refractivity contribution in [3.63, 3.8) is 0 Å². The van der Waals surface area contributed by atoms with E-state index < -0.39 is 79.4 Å². The van der Waals surface area contributed by atoms with Crippen molar-refractivity contribution in [3.05, 3.63) is 30.1 Å². The van der Waals surface area contributed by atoms with Gasteiger partial charge in [-0.25, -0.2) is 0 Å². The zero-order chi connectivity index (χ0) is 26.4. The minimum absolute atomic E-state index is 0.135. The van der Waals surface area contributed by atoms with E-state index in [1.807, 2.05) is 0 Å². The van der Waals surface area contributed by atoms with Crippen LogP contribution in [0.3, 0.4) is 0 Å². The van der Waals surface area contributed by atoms with Crippen molar-refractivity contribution in [1.82, 2.24) is 21.2 Å². The lowest BCUT2D eigenvalue weighted by atomic mass is 9.96. The van der Waals surface area contributed by atoms with E-state index in [-0.39, 0.29) is 12.2 Å². The van der Waals surface area contributed by atoms with Gasteiger partial charge in [-0.15, -0.1) is 0 Å². The lowest BCUT2D eigenvalue weighted by molar-refractivity contribution is -0.322. The summed E-state index contributed by atoms with van der Waals surface area (Å²) in [6.07, 6.45) is -8.98. The van der Waals surface area contributed by atoms with Gasteiger partial charge in [0.25, 0.3) is 11.8 Å². The molecule has 0 radical (unpaired) electrons. The molecule has 15 heteroatoms. The molecule has 7 N–H and O–H groups in total. The Balaban J connectivity index is 1.73.